The fourth-order valence-corrected chi connectivity index (χ4v) is 3.28. The molecule has 2 bridgehead atoms. The Bertz CT molecular complexity index is 630. The maximum atomic E-state index is 12.2. The van der Waals surface area contributed by atoms with Crippen molar-refractivity contribution in [3.8, 4) is 6.07 Å². The first kappa shape index (κ1) is 14.7. The summed E-state index contributed by atoms with van der Waals surface area (Å²) >= 11 is 0. The molecule has 0 saturated carbocycles. The van der Waals surface area contributed by atoms with Gasteiger partial charge in [-0.25, -0.2) is 4.79 Å². The Kier molecular flexibility index (Phi) is 3.48. The number of rotatable bonds is 1. The Hall–Kier alpha value is -2.22. The molecule has 2 aliphatic heterocycles. The lowest BCUT2D eigenvalue weighted by atomic mass is 10.2. The number of hydrogen-bond acceptors (Lipinski definition) is 4. The molecule has 2 heterocycles. The van der Waals surface area contributed by atoms with Gasteiger partial charge in [-0.1, -0.05) is 6.07 Å². The van der Waals surface area contributed by atoms with E-state index in [-0.39, 0.29) is 12.1 Å². The molecule has 22 heavy (non-hydrogen) atoms. The number of amides is 1. The van der Waals surface area contributed by atoms with E-state index in [0.29, 0.717) is 18.2 Å². The minimum absolute atomic E-state index is 0.200. The maximum absolute atomic E-state index is 12.2. The molecule has 5 heteroatoms. The van der Waals surface area contributed by atoms with Crippen LogP contribution in [0.2, 0.25) is 0 Å². The summed E-state index contributed by atoms with van der Waals surface area (Å²) in [7, 11) is 0. The average Bonchev–Trinajstić information content (AvgIpc) is 3.05. The lowest BCUT2D eigenvalue weighted by Crippen LogP contribution is -2.50. The van der Waals surface area contributed by atoms with Crippen LogP contribution in [-0.4, -0.2) is 41.8 Å². The molecule has 3 rings (SSSR count). The van der Waals surface area contributed by atoms with Gasteiger partial charge in [-0.3, -0.25) is 0 Å². The van der Waals surface area contributed by atoms with Crippen LogP contribution in [0.1, 0.15) is 32.8 Å². The Labute approximate surface area is 131 Å². The molecule has 116 valence electrons. The lowest BCUT2D eigenvalue weighted by Gasteiger charge is -2.36. The summed E-state index contributed by atoms with van der Waals surface area (Å²) in [5.41, 5.74) is 1.28. The van der Waals surface area contributed by atoms with Crippen molar-refractivity contribution in [3.63, 3.8) is 0 Å². The zero-order valence-corrected chi connectivity index (χ0v) is 13.2. The summed E-state index contributed by atoms with van der Waals surface area (Å²) in [4.78, 5) is 16.4. The zero-order chi connectivity index (χ0) is 15.9. The molecule has 0 spiro atoms. The third-order valence-electron chi connectivity index (χ3n) is 4.18. The first-order valence-electron chi connectivity index (χ1n) is 7.64. The van der Waals surface area contributed by atoms with Crippen molar-refractivity contribution in [3.05, 3.63) is 29.8 Å². The van der Waals surface area contributed by atoms with Gasteiger partial charge in [0.25, 0.3) is 0 Å². The number of hydrogen-bond donors (Lipinski definition) is 0. The van der Waals surface area contributed by atoms with Crippen LogP contribution in [0.4, 0.5) is 10.5 Å². The Balaban J connectivity index is 1.69. The highest BCUT2D eigenvalue weighted by Crippen LogP contribution is 2.35. The second-order valence-electron chi connectivity index (χ2n) is 6.99. The average molecular weight is 299 g/mol. The fourth-order valence-electron chi connectivity index (χ4n) is 3.28. The van der Waals surface area contributed by atoms with E-state index in [4.69, 9.17) is 10.00 Å². The third-order valence-corrected chi connectivity index (χ3v) is 4.18. The number of likely N-dealkylation sites (tertiary alicyclic amines) is 1. The molecule has 0 N–H and O–H groups in total. The summed E-state index contributed by atoms with van der Waals surface area (Å²) in [6, 6.07) is 10.3. The van der Waals surface area contributed by atoms with Crippen molar-refractivity contribution >= 4 is 11.8 Å². The van der Waals surface area contributed by atoms with Crippen LogP contribution >= 0.6 is 0 Å². The summed E-state index contributed by atoms with van der Waals surface area (Å²) < 4.78 is 5.48. The highest BCUT2D eigenvalue weighted by molar-refractivity contribution is 5.70. The van der Waals surface area contributed by atoms with Gasteiger partial charge in [0.1, 0.15) is 5.60 Å². The molecular formula is C17H21N3O2. The van der Waals surface area contributed by atoms with Crippen LogP contribution in [0, 0.1) is 11.3 Å². The van der Waals surface area contributed by atoms with Crippen molar-refractivity contribution in [1.29, 1.82) is 5.26 Å². The Morgan fingerprint density at radius 1 is 1.32 bits per heavy atom. The van der Waals surface area contributed by atoms with Gasteiger partial charge in [0, 0.05) is 24.8 Å². The topological polar surface area (TPSA) is 56.6 Å². The standard InChI is InChI=1S/C17H21N3O2/c1-17(2,3)22-16(21)20-11-14-8-15(20)10-19(14)13-6-4-5-12(7-13)9-18/h4-7,14-15H,8,10-11H2,1-3H3/t14?,15-/m0/s1. The number of carbonyl (C=O) groups is 1. The van der Waals surface area contributed by atoms with E-state index in [1.165, 1.54) is 0 Å². The highest BCUT2D eigenvalue weighted by atomic mass is 16.6. The monoisotopic (exact) mass is 299 g/mol. The van der Waals surface area contributed by atoms with Gasteiger partial charge in [0.15, 0.2) is 0 Å². The zero-order valence-electron chi connectivity index (χ0n) is 13.2. The molecule has 1 aromatic rings. The first-order valence-corrected chi connectivity index (χ1v) is 7.64. The Morgan fingerprint density at radius 2 is 2.09 bits per heavy atom. The molecule has 2 saturated heterocycles. The number of piperazine rings is 1. The van der Waals surface area contributed by atoms with Crippen molar-refractivity contribution in [1.82, 2.24) is 4.90 Å². The maximum Gasteiger partial charge on any atom is 0.410 e. The van der Waals surface area contributed by atoms with Gasteiger partial charge in [-0.15, -0.1) is 0 Å². The van der Waals surface area contributed by atoms with Crippen LogP contribution in [0.5, 0.6) is 0 Å². The van der Waals surface area contributed by atoms with E-state index in [0.717, 1.165) is 18.7 Å². The second-order valence-corrected chi connectivity index (χ2v) is 6.99. The normalized spacial score (nSPS) is 23.5. The summed E-state index contributed by atoms with van der Waals surface area (Å²) in [6.07, 6.45) is 0.751. The van der Waals surface area contributed by atoms with Crippen LogP contribution in [0.3, 0.4) is 0 Å². The van der Waals surface area contributed by atoms with E-state index in [1.807, 2.05) is 49.9 Å². The van der Waals surface area contributed by atoms with Crippen molar-refractivity contribution in [2.24, 2.45) is 0 Å². The van der Waals surface area contributed by atoms with E-state index in [9.17, 15) is 4.79 Å². The quantitative estimate of drug-likeness (QED) is 0.800. The minimum atomic E-state index is -0.459. The molecule has 2 atom stereocenters. The molecule has 0 aromatic heterocycles. The van der Waals surface area contributed by atoms with E-state index < -0.39 is 5.60 Å². The summed E-state index contributed by atoms with van der Waals surface area (Å²) in [6.45, 7) is 7.16. The van der Waals surface area contributed by atoms with Crippen molar-refractivity contribution < 1.29 is 9.53 Å². The van der Waals surface area contributed by atoms with Crippen molar-refractivity contribution in [2.45, 2.75) is 44.9 Å². The predicted octanol–water partition coefficient (Wildman–Crippen LogP) is 2.76. The number of nitriles is 1. The summed E-state index contributed by atoms with van der Waals surface area (Å²) in [5.74, 6) is 0. The van der Waals surface area contributed by atoms with Gasteiger partial charge < -0.3 is 14.5 Å². The van der Waals surface area contributed by atoms with E-state index in [2.05, 4.69) is 11.0 Å². The lowest BCUT2D eigenvalue weighted by molar-refractivity contribution is 0.0215. The molecule has 1 amide bonds. The molecule has 2 fully saturated rings. The molecule has 1 unspecified atom stereocenters. The van der Waals surface area contributed by atoms with E-state index in [1.54, 1.807) is 0 Å². The Morgan fingerprint density at radius 3 is 2.68 bits per heavy atom. The van der Waals surface area contributed by atoms with Crippen LogP contribution in [-0.2, 0) is 4.74 Å². The second kappa shape index (κ2) is 5.20. The van der Waals surface area contributed by atoms with Crippen LogP contribution in [0.15, 0.2) is 24.3 Å². The smallest absolute Gasteiger partial charge is 0.410 e. The summed E-state index contributed by atoms with van der Waals surface area (Å²) in [5, 5.41) is 9.02. The van der Waals surface area contributed by atoms with Gasteiger partial charge in [0.05, 0.1) is 17.7 Å². The molecule has 2 aliphatic rings. The number of nitrogens with zero attached hydrogens (tertiary/aromatic N) is 3. The molecular weight excluding hydrogens is 278 g/mol. The fraction of sp³-hybridized carbons (Fsp3) is 0.529. The molecule has 0 radical (unpaired) electrons. The molecule has 0 aliphatic carbocycles. The SMILES string of the molecule is CC(C)(C)OC(=O)N1CC2C[C@H]1CN2c1cccc(C#N)c1. The van der Waals surface area contributed by atoms with Crippen molar-refractivity contribution in [2.75, 3.05) is 18.0 Å². The van der Waals surface area contributed by atoms with Gasteiger partial charge >= 0.3 is 6.09 Å². The van der Waals surface area contributed by atoms with E-state index >= 15 is 0 Å². The molecule has 5 nitrogen and oxygen atoms in total. The predicted molar refractivity (Wildman–Crippen MR) is 83.6 cm³/mol. The highest BCUT2D eigenvalue weighted by Gasteiger charge is 2.46. The largest absolute Gasteiger partial charge is 0.444 e. The van der Waals surface area contributed by atoms with Crippen LogP contribution < -0.4 is 4.90 Å². The number of fused-ring (bicyclic) bond motifs is 2. The van der Waals surface area contributed by atoms with Gasteiger partial charge in [-0.2, -0.15) is 5.26 Å². The minimum Gasteiger partial charge on any atom is -0.444 e. The number of benzene rings is 1. The van der Waals surface area contributed by atoms with Gasteiger partial charge in [0.2, 0.25) is 0 Å². The van der Waals surface area contributed by atoms with Gasteiger partial charge in [-0.05, 0) is 45.4 Å². The first-order chi connectivity index (χ1) is 10.4. The third kappa shape index (κ3) is 2.74. The number of ether oxygens (including phenoxy) is 1. The molecule has 1 aromatic carbocycles. The number of anilines is 1. The van der Waals surface area contributed by atoms with Crippen LogP contribution in [0.25, 0.3) is 0 Å². The number of carbonyl (C=O) groups excluding carboxylic acids is 1.